The number of rotatable bonds is 1. The molecule has 0 unspecified atom stereocenters. The molecule has 0 N–H and O–H groups in total. The van der Waals surface area contributed by atoms with E-state index in [1.807, 2.05) is 12.4 Å². The number of alkyl halides is 3. The zero-order chi connectivity index (χ0) is 21.8. The number of esters is 1. The molecule has 154 valence electrons. The van der Waals surface area contributed by atoms with Crippen LogP contribution in [0.15, 0.2) is 36.7 Å². The average Bonchev–Trinajstić information content (AvgIpc) is 2.59. The van der Waals surface area contributed by atoms with Gasteiger partial charge in [0.2, 0.25) is 0 Å². The van der Waals surface area contributed by atoms with Crippen LogP contribution in [0.25, 0.3) is 11.4 Å². The predicted molar refractivity (Wildman–Crippen MR) is 117 cm³/mol. The van der Waals surface area contributed by atoms with E-state index >= 15 is 0 Å². The SMILES string of the molecule is CC(C)(C)c1ccnc(-c2cc(C(C)(C)C)ccn2)c1.COC(=O)C(Cl)(Cl)Cl. The van der Waals surface area contributed by atoms with Crippen LogP contribution in [0.1, 0.15) is 52.7 Å². The number of hydrogen-bond acceptors (Lipinski definition) is 4. The lowest BCUT2D eigenvalue weighted by Crippen LogP contribution is -2.19. The van der Waals surface area contributed by atoms with Crippen LogP contribution in [0.4, 0.5) is 0 Å². The molecule has 0 aliphatic rings. The summed E-state index contributed by atoms with van der Waals surface area (Å²) in [5, 5.41) is 0. The molecule has 0 bridgehead atoms. The van der Waals surface area contributed by atoms with E-state index in [0.717, 1.165) is 18.5 Å². The minimum atomic E-state index is -1.94. The number of pyridine rings is 2. The Kier molecular flexibility index (Phi) is 8.31. The van der Waals surface area contributed by atoms with Gasteiger partial charge in [-0.2, -0.15) is 0 Å². The fraction of sp³-hybridized carbons (Fsp3) is 0.476. The molecular formula is C21H27Cl3N2O2. The second-order valence-corrected chi connectivity index (χ2v) is 10.6. The zero-order valence-corrected chi connectivity index (χ0v) is 19.6. The minimum Gasteiger partial charge on any atom is -0.466 e. The van der Waals surface area contributed by atoms with E-state index < -0.39 is 9.76 Å². The van der Waals surface area contributed by atoms with E-state index in [-0.39, 0.29) is 10.8 Å². The number of carbonyl (C=O) groups excluding carboxylic acids is 1. The van der Waals surface area contributed by atoms with Crippen LogP contribution in [0.5, 0.6) is 0 Å². The highest BCUT2D eigenvalue weighted by Crippen LogP contribution is 2.28. The Morgan fingerprint density at radius 1 is 0.821 bits per heavy atom. The van der Waals surface area contributed by atoms with Gasteiger partial charge in [0.1, 0.15) is 0 Å². The molecule has 4 nitrogen and oxygen atoms in total. The topological polar surface area (TPSA) is 52.1 Å². The van der Waals surface area contributed by atoms with Crippen molar-refractivity contribution in [2.75, 3.05) is 7.11 Å². The molecule has 0 radical (unpaired) electrons. The lowest BCUT2D eigenvalue weighted by Gasteiger charge is -2.21. The van der Waals surface area contributed by atoms with Crippen LogP contribution in [0.2, 0.25) is 0 Å². The van der Waals surface area contributed by atoms with Gasteiger partial charge in [-0.3, -0.25) is 9.97 Å². The van der Waals surface area contributed by atoms with E-state index in [2.05, 4.69) is 80.5 Å². The van der Waals surface area contributed by atoms with Gasteiger partial charge in [0.15, 0.2) is 0 Å². The summed E-state index contributed by atoms with van der Waals surface area (Å²) < 4.78 is 2.14. The Bertz CT molecular complexity index is 749. The highest BCUT2D eigenvalue weighted by molar-refractivity contribution is 6.75. The zero-order valence-electron chi connectivity index (χ0n) is 17.3. The molecule has 0 saturated heterocycles. The van der Waals surface area contributed by atoms with E-state index in [4.69, 9.17) is 34.8 Å². The van der Waals surface area contributed by atoms with E-state index in [0.29, 0.717) is 0 Å². The lowest BCUT2D eigenvalue weighted by atomic mass is 9.86. The summed E-state index contributed by atoms with van der Waals surface area (Å²) in [5.41, 5.74) is 4.71. The van der Waals surface area contributed by atoms with Crippen LogP contribution in [-0.4, -0.2) is 26.8 Å². The van der Waals surface area contributed by atoms with Gasteiger partial charge >= 0.3 is 5.97 Å². The summed E-state index contributed by atoms with van der Waals surface area (Å²) in [5.74, 6) is -0.873. The van der Waals surface area contributed by atoms with Gasteiger partial charge in [0.05, 0.1) is 18.5 Å². The molecule has 0 amide bonds. The summed E-state index contributed by atoms with van der Waals surface area (Å²) in [6.45, 7) is 13.3. The second kappa shape index (κ2) is 9.43. The van der Waals surface area contributed by atoms with Crippen molar-refractivity contribution < 1.29 is 9.53 Å². The first kappa shape index (κ1) is 24.7. The molecule has 0 fully saturated rings. The number of aromatic nitrogens is 2. The summed E-state index contributed by atoms with van der Waals surface area (Å²) in [4.78, 5) is 19.2. The van der Waals surface area contributed by atoms with Gasteiger partial charge in [-0.1, -0.05) is 76.3 Å². The summed E-state index contributed by atoms with van der Waals surface area (Å²) in [7, 11) is 1.14. The van der Waals surface area contributed by atoms with Crippen molar-refractivity contribution in [1.82, 2.24) is 9.97 Å². The number of carbonyl (C=O) groups is 1. The van der Waals surface area contributed by atoms with Gasteiger partial charge in [-0.05, 0) is 46.2 Å². The van der Waals surface area contributed by atoms with E-state index in [1.165, 1.54) is 11.1 Å². The third-order valence-corrected chi connectivity index (χ3v) is 4.39. The molecule has 0 aromatic carbocycles. The van der Waals surface area contributed by atoms with Crippen molar-refractivity contribution in [3.63, 3.8) is 0 Å². The first-order valence-electron chi connectivity index (χ1n) is 8.75. The van der Waals surface area contributed by atoms with Crippen LogP contribution in [-0.2, 0) is 20.4 Å². The molecule has 2 heterocycles. The third kappa shape index (κ3) is 7.57. The highest BCUT2D eigenvalue weighted by Gasteiger charge is 2.31. The Hall–Kier alpha value is -1.36. The summed E-state index contributed by atoms with van der Waals surface area (Å²) in [6.07, 6.45) is 3.75. The minimum absolute atomic E-state index is 0.124. The molecule has 0 atom stereocenters. The van der Waals surface area contributed by atoms with Gasteiger partial charge in [0.25, 0.3) is 3.79 Å². The van der Waals surface area contributed by atoms with E-state index in [9.17, 15) is 4.79 Å². The molecule has 0 aliphatic carbocycles. The molecule has 2 aromatic rings. The maximum Gasteiger partial charge on any atom is 0.358 e. The maximum atomic E-state index is 10.2. The van der Waals surface area contributed by atoms with Crippen LogP contribution < -0.4 is 0 Å². The number of nitrogens with zero attached hydrogens (tertiary/aromatic N) is 2. The molecule has 0 saturated carbocycles. The first-order chi connectivity index (χ1) is 12.7. The summed E-state index contributed by atoms with van der Waals surface area (Å²) in [6, 6.07) is 8.46. The molecule has 2 rings (SSSR count). The standard InChI is InChI=1S/C18H24N2.C3H3Cl3O2/c1-17(2,3)13-7-9-19-15(11-13)16-12-14(8-10-20-16)18(4,5)6;1-8-2(7)3(4,5)6/h7-12H,1-6H3;1H3. The van der Waals surface area contributed by atoms with Gasteiger partial charge in [-0.15, -0.1) is 0 Å². The quantitative estimate of drug-likeness (QED) is 0.383. The van der Waals surface area contributed by atoms with Gasteiger partial charge < -0.3 is 4.74 Å². The number of methoxy groups -OCH3 is 1. The van der Waals surface area contributed by atoms with Crippen molar-refractivity contribution in [3.05, 3.63) is 47.8 Å². The Morgan fingerprint density at radius 3 is 1.39 bits per heavy atom. The first-order valence-corrected chi connectivity index (χ1v) is 9.88. The molecule has 7 heteroatoms. The Balaban J connectivity index is 0.000000416. The van der Waals surface area contributed by atoms with Gasteiger partial charge in [-0.25, -0.2) is 4.79 Å². The highest BCUT2D eigenvalue weighted by atomic mass is 35.6. The van der Waals surface area contributed by atoms with Crippen LogP contribution >= 0.6 is 34.8 Å². The fourth-order valence-electron chi connectivity index (χ4n) is 2.19. The molecule has 2 aromatic heterocycles. The second-order valence-electron chi connectivity index (χ2n) is 8.35. The predicted octanol–water partition coefficient (Wildman–Crippen LogP) is 6.27. The lowest BCUT2D eigenvalue weighted by molar-refractivity contribution is -0.139. The molecule has 28 heavy (non-hydrogen) atoms. The third-order valence-electron chi connectivity index (χ3n) is 3.93. The Morgan fingerprint density at radius 2 is 1.18 bits per heavy atom. The monoisotopic (exact) mass is 444 g/mol. The normalized spacial score (nSPS) is 12.1. The van der Waals surface area contributed by atoms with Crippen molar-refractivity contribution in [1.29, 1.82) is 0 Å². The van der Waals surface area contributed by atoms with Gasteiger partial charge in [0, 0.05) is 12.4 Å². The van der Waals surface area contributed by atoms with E-state index in [1.54, 1.807) is 0 Å². The number of halogens is 3. The largest absolute Gasteiger partial charge is 0.466 e. The van der Waals surface area contributed by atoms with Crippen molar-refractivity contribution in [2.45, 2.75) is 56.2 Å². The number of ether oxygens (including phenoxy) is 1. The van der Waals surface area contributed by atoms with Crippen LogP contribution in [0, 0.1) is 0 Å². The van der Waals surface area contributed by atoms with Crippen molar-refractivity contribution in [3.8, 4) is 11.4 Å². The smallest absolute Gasteiger partial charge is 0.358 e. The fourth-order valence-corrected chi connectivity index (χ4v) is 2.42. The van der Waals surface area contributed by atoms with Crippen molar-refractivity contribution in [2.24, 2.45) is 0 Å². The molecule has 0 spiro atoms. The molecule has 0 aliphatic heterocycles. The van der Waals surface area contributed by atoms with Crippen LogP contribution in [0.3, 0.4) is 0 Å². The Labute approximate surface area is 182 Å². The van der Waals surface area contributed by atoms with Crippen molar-refractivity contribution >= 4 is 40.8 Å². The average molecular weight is 446 g/mol. The summed E-state index contributed by atoms with van der Waals surface area (Å²) >= 11 is 15.1. The molecular weight excluding hydrogens is 419 g/mol. The number of hydrogen-bond donors (Lipinski definition) is 0. The maximum absolute atomic E-state index is 10.2.